The quantitative estimate of drug-likeness (QED) is 0.160. The third kappa shape index (κ3) is 7.22. The minimum Gasteiger partial charge on any atom is -0.502 e. The van der Waals surface area contributed by atoms with Crippen LogP contribution in [0.5, 0.6) is 0 Å². The number of morpholine rings is 1. The van der Waals surface area contributed by atoms with E-state index in [1.54, 1.807) is 28.8 Å². The summed E-state index contributed by atoms with van der Waals surface area (Å²) in [7, 11) is -3.61. The molecule has 4 rings (SSSR count). The number of hydrogen-bond acceptors (Lipinski definition) is 5. The Morgan fingerprint density at radius 3 is 1.88 bits per heavy atom. The van der Waals surface area contributed by atoms with E-state index in [9.17, 15) is 13.5 Å². The van der Waals surface area contributed by atoms with Crippen molar-refractivity contribution in [1.29, 1.82) is 0 Å². The fraction of sp³-hybridized carbons (Fsp3) is 0.375. The van der Waals surface area contributed by atoms with Crippen molar-refractivity contribution >= 4 is 44.4 Å². The van der Waals surface area contributed by atoms with Crippen LogP contribution in [0.3, 0.4) is 0 Å². The van der Waals surface area contributed by atoms with Crippen molar-refractivity contribution in [3.8, 4) is 0 Å². The van der Waals surface area contributed by atoms with Crippen molar-refractivity contribution in [2.75, 3.05) is 31.6 Å². The van der Waals surface area contributed by atoms with Gasteiger partial charge in [0.15, 0.2) is 23.1 Å². The monoisotopic (exact) mass is 594 g/mol. The van der Waals surface area contributed by atoms with Gasteiger partial charge in [-0.2, -0.15) is 8.87 Å². The highest BCUT2D eigenvalue weighted by atomic mass is 32.2. The smallest absolute Gasteiger partial charge is 0.288 e. The zero-order valence-electron chi connectivity index (χ0n) is 24.6. The van der Waals surface area contributed by atoms with Gasteiger partial charge in [-0.1, -0.05) is 78.0 Å². The Labute approximate surface area is 249 Å². The van der Waals surface area contributed by atoms with Crippen LogP contribution in [0.2, 0.25) is 0 Å². The van der Waals surface area contributed by atoms with Crippen LogP contribution >= 0.6 is 12.2 Å². The van der Waals surface area contributed by atoms with Gasteiger partial charge in [0, 0.05) is 36.5 Å². The van der Waals surface area contributed by atoms with Gasteiger partial charge < -0.3 is 15.2 Å². The van der Waals surface area contributed by atoms with Crippen LogP contribution in [0.25, 0.3) is 11.5 Å². The fourth-order valence-corrected chi connectivity index (χ4v) is 6.25. The number of benzene rings is 2. The van der Waals surface area contributed by atoms with Crippen LogP contribution < -0.4 is 9.88 Å². The maximum absolute atomic E-state index is 13.0. The van der Waals surface area contributed by atoms with Crippen LogP contribution in [0.4, 0.5) is 5.69 Å². The molecule has 9 heteroatoms. The minimum absolute atomic E-state index is 0.0174. The average Bonchev–Trinajstić information content (AvgIpc) is 2.93. The number of aliphatic hydroxyl groups is 1. The molecular weight excluding hydrogens is 555 g/mol. The highest BCUT2D eigenvalue weighted by Crippen LogP contribution is 2.27. The second kappa shape index (κ2) is 12.0. The molecule has 0 aliphatic carbocycles. The van der Waals surface area contributed by atoms with Crippen molar-refractivity contribution in [2.24, 2.45) is 0 Å². The third-order valence-corrected chi connectivity index (χ3v) is 9.35. The molecule has 0 unspecified atom stereocenters. The summed E-state index contributed by atoms with van der Waals surface area (Å²) in [5, 5.41) is 14.7. The van der Waals surface area contributed by atoms with E-state index in [1.165, 1.54) is 4.31 Å². The Hall–Kier alpha value is -3.11. The first-order valence-electron chi connectivity index (χ1n) is 13.7. The first kappa shape index (κ1) is 30.8. The molecule has 0 amide bonds. The molecule has 41 heavy (non-hydrogen) atoms. The van der Waals surface area contributed by atoms with E-state index in [0.29, 0.717) is 48.2 Å². The fourth-order valence-electron chi connectivity index (χ4n) is 4.52. The molecule has 2 heterocycles. The lowest BCUT2D eigenvalue weighted by atomic mass is 9.86. The first-order chi connectivity index (χ1) is 19.2. The molecule has 7 nitrogen and oxygen atoms in total. The minimum atomic E-state index is -3.61. The van der Waals surface area contributed by atoms with Gasteiger partial charge in [0.25, 0.3) is 5.70 Å². The molecule has 0 spiro atoms. The maximum atomic E-state index is 13.0. The topological polar surface area (TPSA) is 82.8 Å². The van der Waals surface area contributed by atoms with Gasteiger partial charge in [0.1, 0.15) is 0 Å². The lowest BCUT2D eigenvalue weighted by Gasteiger charge is -2.26. The Balaban J connectivity index is 1.67. The number of sulfonamides is 1. The van der Waals surface area contributed by atoms with E-state index >= 15 is 0 Å². The van der Waals surface area contributed by atoms with Crippen LogP contribution in [0.1, 0.15) is 58.2 Å². The van der Waals surface area contributed by atoms with E-state index < -0.39 is 10.0 Å². The van der Waals surface area contributed by atoms with Crippen LogP contribution in [0, 0.1) is 0 Å². The number of pyridine rings is 1. The molecule has 1 aliphatic rings. The molecular formula is C32H40N3O4S2+. The second-order valence-electron chi connectivity index (χ2n) is 12.3. The van der Waals surface area contributed by atoms with E-state index in [0.717, 1.165) is 11.1 Å². The standard InChI is InChI=1S/C32H39N3O4S2/c1-31(2,3)24-9-7-23(8-10-24)29(36)28(34-17-15-25(16-18-34)32(4,5)6)30(40)33-26-11-13-27(14-12-26)41(37,38)35-19-21-39-22-20-35/h7-18H,19-22H2,1-6H3,(H-,33,36,40)/p+1. The highest BCUT2D eigenvalue weighted by molar-refractivity contribution is 7.89. The van der Waals surface area contributed by atoms with Crippen molar-refractivity contribution in [3.05, 3.63) is 89.7 Å². The summed E-state index contributed by atoms with van der Waals surface area (Å²) in [5.41, 5.74) is 3.91. The molecule has 3 aromatic rings. The number of anilines is 1. The number of ether oxygens (including phenoxy) is 1. The number of thiocarbonyl (C=S) groups is 1. The zero-order chi connectivity index (χ0) is 30.0. The number of aliphatic hydroxyl groups excluding tert-OH is 1. The first-order valence-corrected chi connectivity index (χ1v) is 15.6. The van der Waals surface area contributed by atoms with Gasteiger partial charge in [0.2, 0.25) is 10.0 Å². The molecule has 0 radical (unpaired) electrons. The Morgan fingerprint density at radius 1 is 0.854 bits per heavy atom. The largest absolute Gasteiger partial charge is 0.502 e. The van der Waals surface area contributed by atoms with E-state index in [1.807, 2.05) is 48.8 Å². The highest BCUT2D eigenvalue weighted by Gasteiger charge is 2.28. The van der Waals surface area contributed by atoms with E-state index in [4.69, 9.17) is 17.0 Å². The summed E-state index contributed by atoms with van der Waals surface area (Å²) >= 11 is 5.83. The molecule has 1 saturated heterocycles. The predicted molar refractivity (Wildman–Crippen MR) is 168 cm³/mol. The van der Waals surface area contributed by atoms with Gasteiger partial charge in [-0.3, -0.25) is 0 Å². The van der Waals surface area contributed by atoms with Crippen molar-refractivity contribution < 1.29 is 22.8 Å². The Bertz CT molecular complexity index is 1510. The molecule has 0 bridgehead atoms. The summed E-state index contributed by atoms with van der Waals surface area (Å²) in [5.74, 6) is 0.0305. The molecule has 2 aromatic carbocycles. The van der Waals surface area contributed by atoms with Crippen LogP contribution in [0.15, 0.2) is 78.0 Å². The Kier molecular flexibility index (Phi) is 9.04. The predicted octanol–water partition coefficient (Wildman–Crippen LogP) is 5.91. The molecule has 1 aromatic heterocycles. The second-order valence-corrected chi connectivity index (χ2v) is 14.6. The molecule has 2 N–H and O–H groups in total. The number of aromatic nitrogens is 1. The molecule has 0 atom stereocenters. The van der Waals surface area contributed by atoms with Gasteiger partial charge in [-0.15, -0.1) is 0 Å². The molecule has 0 saturated carbocycles. The van der Waals surface area contributed by atoms with E-state index in [-0.39, 0.29) is 21.5 Å². The van der Waals surface area contributed by atoms with Gasteiger partial charge >= 0.3 is 0 Å². The van der Waals surface area contributed by atoms with Crippen molar-refractivity contribution in [2.45, 2.75) is 57.3 Å². The van der Waals surface area contributed by atoms with Gasteiger partial charge in [0.05, 0.1) is 18.1 Å². The number of rotatable bonds is 6. The third-order valence-electron chi connectivity index (χ3n) is 7.14. The van der Waals surface area contributed by atoms with E-state index in [2.05, 4.69) is 46.9 Å². The van der Waals surface area contributed by atoms with Crippen molar-refractivity contribution in [3.63, 3.8) is 0 Å². The Morgan fingerprint density at radius 2 is 1.37 bits per heavy atom. The summed E-state index contributed by atoms with van der Waals surface area (Å²) in [6, 6.07) is 18.3. The summed E-state index contributed by atoms with van der Waals surface area (Å²) < 4.78 is 34.6. The summed E-state index contributed by atoms with van der Waals surface area (Å²) in [4.78, 5) is 0.500. The normalized spacial score (nSPS) is 15.8. The van der Waals surface area contributed by atoms with Gasteiger partial charge in [-0.25, -0.2) is 8.42 Å². The number of hydrogen-bond donors (Lipinski definition) is 2. The number of nitrogens with zero attached hydrogens (tertiary/aromatic N) is 2. The van der Waals surface area contributed by atoms with Crippen LogP contribution in [-0.2, 0) is 25.6 Å². The van der Waals surface area contributed by atoms with Gasteiger partial charge in [-0.05, 0) is 46.2 Å². The lowest BCUT2D eigenvalue weighted by Crippen LogP contribution is -2.40. The number of nitrogens with one attached hydrogen (secondary N) is 1. The van der Waals surface area contributed by atoms with Crippen molar-refractivity contribution in [1.82, 2.24) is 4.31 Å². The molecule has 1 aliphatic heterocycles. The average molecular weight is 595 g/mol. The lowest BCUT2D eigenvalue weighted by molar-refractivity contribution is -0.575. The van der Waals surface area contributed by atoms with Crippen LogP contribution in [-0.4, -0.2) is 49.1 Å². The molecule has 218 valence electrons. The molecule has 1 fully saturated rings. The summed E-state index contributed by atoms with van der Waals surface area (Å²) in [6.45, 7) is 14.3. The maximum Gasteiger partial charge on any atom is 0.288 e. The SMILES string of the molecule is CC(C)(C)c1ccc(C(O)=C(C(=S)Nc2ccc(S(=O)(=O)N3CCOCC3)cc2)[n+]2ccc(C(C)(C)C)cc2)cc1. The summed E-state index contributed by atoms with van der Waals surface area (Å²) in [6.07, 6.45) is 3.78. The zero-order valence-corrected chi connectivity index (χ0v) is 26.3.